The molecular weight excluding hydrogens is 322 g/mol. The van der Waals surface area contributed by atoms with Crippen LogP contribution in [-0.4, -0.2) is 30.7 Å². The predicted octanol–water partition coefficient (Wildman–Crippen LogP) is 4.60. The molecule has 0 bridgehead atoms. The van der Waals surface area contributed by atoms with Crippen molar-refractivity contribution in [2.75, 3.05) is 19.8 Å². The number of aryl methyl sites for hydroxylation is 2. The third-order valence-electron chi connectivity index (χ3n) is 6.11. The van der Waals surface area contributed by atoms with Gasteiger partial charge in [-0.15, -0.1) is 0 Å². The van der Waals surface area contributed by atoms with E-state index in [9.17, 15) is 0 Å². The zero-order valence-electron chi connectivity index (χ0n) is 15.4. The van der Waals surface area contributed by atoms with E-state index >= 15 is 0 Å². The number of allylic oxidation sites excluding steroid dienone is 2. The van der Waals surface area contributed by atoms with Crippen LogP contribution < -0.4 is 0 Å². The molecule has 1 aliphatic carbocycles. The molecule has 0 saturated carbocycles. The van der Waals surface area contributed by atoms with Crippen molar-refractivity contribution >= 4 is 0 Å². The normalized spacial score (nSPS) is 27.5. The number of nitrogens with zero attached hydrogens (tertiary/aromatic N) is 1. The quantitative estimate of drug-likeness (QED) is 0.754. The number of rotatable bonds is 1. The molecule has 3 heteroatoms. The minimum Gasteiger partial charge on any atom is -0.461 e. The number of ether oxygens (including phenoxy) is 1. The summed E-state index contributed by atoms with van der Waals surface area (Å²) in [4.78, 5) is 2.63. The van der Waals surface area contributed by atoms with Crippen LogP contribution in [0.2, 0.25) is 0 Å². The van der Waals surface area contributed by atoms with Crippen molar-refractivity contribution in [2.45, 2.75) is 32.4 Å². The lowest BCUT2D eigenvalue weighted by Gasteiger charge is -2.41. The van der Waals surface area contributed by atoms with Gasteiger partial charge in [0.15, 0.2) is 0 Å². The summed E-state index contributed by atoms with van der Waals surface area (Å²) < 4.78 is 12.3. The molecule has 0 amide bonds. The second kappa shape index (κ2) is 6.26. The van der Waals surface area contributed by atoms with Crippen molar-refractivity contribution in [3.05, 3.63) is 71.0 Å². The number of hydrogen-bond acceptors (Lipinski definition) is 3. The molecule has 1 saturated heterocycles. The zero-order chi connectivity index (χ0) is 17.7. The first kappa shape index (κ1) is 16.1. The van der Waals surface area contributed by atoms with Crippen LogP contribution in [0.15, 0.2) is 53.0 Å². The van der Waals surface area contributed by atoms with Crippen molar-refractivity contribution in [3.8, 4) is 11.3 Å². The Morgan fingerprint density at radius 3 is 2.69 bits per heavy atom. The molecule has 26 heavy (non-hydrogen) atoms. The summed E-state index contributed by atoms with van der Waals surface area (Å²) in [7, 11) is 0. The molecule has 3 aliphatic rings. The monoisotopic (exact) mass is 347 g/mol. The summed E-state index contributed by atoms with van der Waals surface area (Å²) in [5.41, 5.74) is 5.17. The average molecular weight is 347 g/mol. The van der Waals surface area contributed by atoms with Crippen LogP contribution in [-0.2, 0) is 11.2 Å². The largest absolute Gasteiger partial charge is 0.461 e. The van der Waals surface area contributed by atoms with Crippen molar-refractivity contribution in [2.24, 2.45) is 5.92 Å². The molecule has 3 nitrogen and oxygen atoms in total. The maximum atomic E-state index is 6.35. The van der Waals surface area contributed by atoms with Crippen molar-refractivity contribution in [3.63, 3.8) is 0 Å². The summed E-state index contributed by atoms with van der Waals surface area (Å²) in [6.45, 7) is 6.76. The highest BCUT2D eigenvalue weighted by Crippen LogP contribution is 2.45. The third-order valence-corrected chi connectivity index (χ3v) is 6.11. The molecule has 1 aromatic heterocycles. The first-order valence-corrected chi connectivity index (χ1v) is 9.60. The van der Waals surface area contributed by atoms with Gasteiger partial charge in [-0.3, -0.25) is 4.90 Å². The van der Waals surface area contributed by atoms with Gasteiger partial charge in [-0.05, 0) is 25.8 Å². The van der Waals surface area contributed by atoms with Gasteiger partial charge in [0, 0.05) is 29.6 Å². The summed E-state index contributed by atoms with van der Waals surface area (Å²) in [5, 5.41) is 0. The van der Waals surface area contributed by atoms with Gasteiger partial charge in [0.2, 0.25) is 0 Å². The highest BCUT2D eigenvalue weighted by atomic mass is 16.5. The Morgan fingerprint density at radius 2 is 1.85 bits per heavy atom. The summed E-state index contributed by atoms with van der Waals surface area (Å²) in [6, 6.07) is 9.40. The Hall–Kier alpha value is -2.10. The van der Waals surface area contributed by atoms with Crippen LogP contribution in [0.25, 0.3) is 11.3 Å². The maximum Gasteiger partial charge on any atom is 0.139 e. The molecule has 1 aromatic carbocycles. The first-order valence-electron chi connectivity index (χ1n) is 9.60. The fraction of sp³-hybridized carbons (Fsp3) is 0.391. The van der Waals surface area contributed by atoms with E-state index in [2.05, 4.69) is 67.3 Å². The molecule has 2 aromatic rings. The minimum atomic E-state index is 0.263. The van der Waals surface area contributed by atoms with Crippen molar-refractivity contribution in [1.29, 1.82) is 0 Å². The van der Waals surface area contributed by atoms with Gasteiger partial charge in [-0.25, -0.2) is 0 Å². The molecule has 2 aliphatic heterocycles. The van der Waals surface area contributed by atoms with Crippen LogP contribution in [0.3, 0.4) is 0 Å². The van der Waals surface area contributed by atoms with Gasteiger partial charge >= 0.3 is 0 Å². The lowest BCUT2D eigenvalue weighted by atomic mass is 9.88. The zero-order valence-corrected chi connectivity index (χ0v) is 15.4. The molecular formula is C23H25NO2. The van der Waals surface area contributed by atoms with E-state index in [1.54, 1.807) is 0 Å². The number of morpholine rings is 1. The highest BCUT2D eigenvalue weighted by molar-refractivity contribution is 5.66. The highest BCUT2D eigenvalue weighted by Gasteiger charge is 2.41. The smallest absolute Gasteiger partial charge is 0.139 e. The second-order valence-electron chi connectivity index (χ2n) is 7.70. The maximum absolute atomic E-state index is 6.35. The number of furan rings is 1. The standard InChI is InChI=1S/C23H25NO2/c1-15-7-9-17(10-8-15)23-22-19(16(2)26-23)13-18-5-3-4-6-20(18)24-11-12-25-14-21(22)24/h3-10,18,20-21H,11-14H2,1-2H3/t18?,20?,21-/m0/s1. The topological polar surface area (TPSA) is 25.6 Å². The van der Waals surface area contributed by atoms with Crippen LogP contribution in [0.1, 0.15) is 28.5 Å². The Balaban J connectivity index is 1.68. The van der Waals surface area contributed by atoms with E-state index in [0.717, 1.165) is 37.7 Å². The third kappa shape index (κ3) is 2.50. The van der Waals surface area contributed by atoms with Crippen LogP contribution in [0.5, 0.6) is 0 Å². The summed E-state index contributed by atoms with van der Waals surface area (Å²) >= 11 is 0. The minimum absolute atomic E-state index is 0.263. The number of benzene rings is 1. The van der Waals surface area contributed by atoms with E-state index in [1.807, 2.05) is 0 Å². The van der Waals surface area contributed by atoms with E-state index in [-0.39, 0.29) is 6.04 Å². The lowest BCUT2D eigenvalue weighted by Crippen LogP contribution is -2.47. The molecule has 3 heterocycles. The van der Waals surface area contributed by atoms with Gasteiger partial charge in [-0.1, -0.05) is 54.1 Å². The van der Waals surface area contributed by atoms with Crippen LogP contribution >= 0.6 is 0 Å². The van der Waals surface area contributed by atoms with Gasteiger partial charge in [0.05, 0.1) is 19.3 Å². The van der Waals surface area contributed by atoms with E-state index in [1.165, 1.54) is 22.3 Å². The van der Waals surface area contributed by atoms with E-state index in [0.29, 0.717) is 12.0 Å². The Labute approximate surface area is 155 Å². The van der Waals surface area contributed by atoms with E-state index < -0.39 is 0 Å². The van der Waals surface area contributed by atoms with Crippen molar-refractivity contribution < 1.29 is 9.15 Å². The van der Waals surface area contributed by atoms with Gasteiger partial charge in [0.25, 0.3) is 0 Å². The fourth-order valence-electron chi connectivity index (χ4n) is 4.77. The van der Waals surface area contributed by atoms with E-state index in [4.69, 9.17) is 9.15 Å². The summed E-state index contributed by atoms with van der Waals surface area (Å²) in [5.74, 6) is 2.60. The second-order valence-corrected chi connectivity index (χ2v) is 7.70. The molecule has 2 unspecified atom stereocenters. The molecule has 134 valence electrons. The fourth-order valence-corrected chi connectivity index (χ4v) is 4.77. The Bertz CT molecular complexity index is 874. The first-order chi connectivity index (χ1) is 12.7. The van der Waals surface area contributed by atoms with Crippen molar-refractivity contribution in [1.82, 2.24) is 4.90 Å². The van der Waals surface area contributed by atoms with Crippen LogP contribution in [0, 0.1) is 19.8 Å². The molecule has 5 rings (SSSR count). The lowest BCUT2D eigenvalue weighted by molar-refractivity contribution is -0.0255. The molecule has 0 spiro atoms. The molecule has 1 fully saturated rings. The molecule has 0 N–H and O–H groups in total. The Morgan fingerprint density at radius 1 is 1.04 bits per heavy atom. The number of hydrogen-bond donors (Lipinski definition) is 0. The Kier molecular flexibility index (Phi) is 3.87. The SMILES string of the molecule is Cc1ccc(-c2oc(C)c3c2[C@@H]2COCCN2C2C=CC=CC2C3)cc1. The van der Waals surface area contributed by atoms with Gasteiger partial charge in [-0.2, -0.15) is 0 Å². The van der Waals surface area contributed by atoms with Crippen LogP contribution in [0.4, 0.5) is 0 Å². The summed E-state index contributed by atoms with van der Waals surface area (Å²) in [6.07, 6.45) is 10.2. The van der Waals surface area contributed by atoms with Gasteiger partial charge < -0.3 is 9.15 Å². The molecule has 3 atom stereocenters. The van der Waals surface area contributed by atoms with Gasteiger partial charge in [0.1, 0.15) is 11.5 Å². The average Bonchev–Trinajstić information content (AvgIpc) is 2.91. The predicted molar refractivity (Wildman–Crippen MR) is 103 cm³/mol. The number of fused-ring (bicyclic) bond motifs is 5. The molecule has 0 radical (unpaired) electrons.